The van der Waals surface area contributed by atoms with Gasteiger partial charge in [-0.05, 0) is 23.3 Å². The number of carbonyl (C=O) groups is 1. The van der Waals surface area contributed by atoms with Gasteiger partial charge >= 0.3 is 0 Å². The van der Waals surface area contributed by atoms with Gasteiger partial charge in [-0.2, -0.15) is 0 Å². The molecule has 3 N–H and O–H groups in total. The molecule has 0 radical (unpaired) electrons. The van der Waals surface area contributed by atoms with Crippen molar-refractivity contribution in [2.24, 2.45) is 0 Å². The normalized spacial score (nSPS) is 15.0. The quantitative estimate of drug-likeness (QED) is 0.596. The summed E-state index contributed by atoms with van der Waals surface area (Å²) < 4.78 is 29.7. The molecule has 0 saturated heterocycles. The Balaban J connectivity index is 1.92. The summed E-state index contributed by atoms with van der Waals surface area (Å²) in [5, 5.41) is 12.6. The second-order valence-electron chi connectivity index (χ2n) is 6.64. The lowest BCUT2D eigenvalue weighted by Gasteiger charge is -2.26. The Morgan fingerprint density at radius 1 is 1.17 bits per heavy atom. The Morgan fingerprint density at radius 2 is 1.93 bits per heavy atom. The van der Waals surface area contributed by atoms with E-state index >= 15 is 0 Å². The van der Waals surface area contributed by atoms with Crippen molar-refractivity contribution in [1.82, 2.24) is 9.99 Å². The summed E-state index contributed by atoms with van der Waals surface area (Å²) in [5.74, 6) is -3.03. The number of hydrogen-bond donors (Lipinski definition) is 3. The molecule has 2 aromatic carbocycles. The summed E-state index contributed by atoms with van der Waals surface area (Å²) >= 11 is 1.38. The molecule has 0 saturated carbocycles. The minimum atomic E-state index is -0.939. The van der Waals surface area contributed by atoms with Gasteiger partial charge in [0.25, 0.3) is 5.91 Å². The average molecular weight is 429 g/mol. The molecule has 30 heavy (non-hydrogen) atoms. The molecule has 0 fully saturated rings. The van der Waals surface area contributed by atoms with Crippen LogP contribution in [-0.4, -0.2) is 22.7 Å². The van der Waals surface area contributed by atoms with Crippen LogP contribution < -0.4 is 16.2 Å². The fourth-order valence-electron chi connectivity index (χ4n) is 3.44. The van der Waals surface area contributed by atoms with E-state index in [2.05, 4.69) is 10.7 Å². The number of carbonyl (C=O) groups excluding carboxylic acids is 1. The van der Waals surface area contributed by atoms with Gasteiger partial charge in [-0.1, -0.05) is 24.3 Å². The van der Waals surface area contributed by atoms with Crippen LogP contribution in [0.5, 0.6) is 5.75 Å². The maximum Gasteiger partial charge on any atom is 0.273 e. The van der Waals surface area contributed by atoms with Crippen LogP contribution in [0.15, 0.2) is 58.4 Å². The van der Waals surface area contributed by atoms with E-state index in [0.29, 0.717) is 5.56 Å². The van der Waals surface area contributed by atoms with Gasteiger partial charge in [-0.3, -0.25) is 14.3 Å². The van der Waals surface area contributed by atoms with Gasteiger partial charge in [-0.15, -0.1) is 11.8 Å². The van der Waals surface area contributed by atoms with Crippen LogP contribution in [0.2, 0.25) is 0 Å². The Kier molecular flexibility index (Phi) is 5.21. The summed E-state index contributed by atoms with van der Waals surface area (Å²) in [7, 11) is 1.37. The molecule has 1 amide bonds. The molecule has 1 atom stereocenters. The molecule has 3 aromatic rings. The van der Waals surface area contributed by atoms with E-state index in [1.54, 1.807) is 0 Å². The Hall–Kier alpha value is -3.33. The topological polar surface area (TPSA) is 83.4 Å². The molecule has 1 aliphatic heterocycles. The van der Waals surface area contributed by atoms with Crippen LogP contribution in [0.4, 0.5) is 8.78 Å². The number of aromatic hydroxyl groups is 1. The first kappa shape index (κ1) is 20.0. The third-order valence-corrected chi connectivity index (χ3v) is 6.05. The largest absolute Gasteiger partial charge is 0.502 e. The lowest BCUT2D eigenvalue weighted by atomic mass is 9.95. The Labute approximate surface area is 174 Å². The lowest BCUT2D eigenvalue weighted by molar-refractivity contribution is 0.0950. The van der Waals surface area contributed by atoms with E-state index in [1.807, 2.05) is 24.3 Å². The van der Waals surface area contributed by atoms with Crippen molar-refractivity contribution in [3.63, 3.8) is 0 Å². The van der Waals surface area contributed by atoms with Crippen molar-refractivity contribution in [3.05, 3.63) is 92.9 Å². The predicted molar refractivity (Wildman–Crippen MR) is 109 cm³/mol. The highest BCUT2D eigenvalue weighted by Gasteiger charge is 2.28. The van der Waals surface area contributed by atoms with Crippen molar-refractivity contribution in [2.75, 3.05) is 12.5 Å². The van der Waals surface area contributed by atoms with Crippen LogP contribution in [-0.2, 0) is 5.75 Å². The second kappa shape index (κ2) is 7.83. The van der Waals surface area contributed by atoms with Crippen LogP contribution in [0.25, 0.3) is 0 Å². The number of benzene rings is 2. The van der Waals surface area contributed by atoms with Gasteiger partial charge in [-0.25, -0.2) is 8.78 Å². The molecule has 1 aromatic heterocycles. The zero-order valence-corrected chi connectivity index (χ0v) is 16.6. The van der Waals surface area contributed by atoms with Crippen molar-refractivity contribution >= 4 is 17.7 Å². The van der Waals surface area contributed by atoms with Crippen molar-refractivity contribution in [2.45, 2.75) is 16.7 Å². The summed E-state index contributed by atoms with van der Waals surface area (Å²) in [6.45, 7) is 0. The number of hydrogen-bond acceptors (Lipinski definition) is 5. The molecule has 9 heteroatoms. The molecule has 1 aliphatic rings. The van der Waals surface area contributed by atoms with Gasteiger partial charge in [0.05, 0.1) is 6.04 Å². The van der Waals surface area contributed by atoms with Gasteiger partial charge in [0.1, 0.15) is 0 Å². The van der Waals surface area contributed by atoms with E-state index in [-0.39, 0.29) is 17.0 Å². The molecule has 1 unspecified atom stereocenters. The van der Waals surface area contributed by atoms with Crippen LogP contribution >= 0.6 is 11.8 Å². The minimum Gasteiger partial charge on any atom is -0.502 e. The number of rotatable bonds is 3. The number of pyridine rings is 1. The van der Waals surface area contributed by atoms with E-state index in [4.69, 9.17) is 0 Å². The number of amides is 1. The fraction of sp³-hybridized carbons (Fsp3) is 0.143. The molecule has 4 rings (SSSR count). The van der Waals surface area contributed by atoms with E-state index in [1.165, 1.54) is 35.7 Å². The number of nitrogens with zero attached hydrogens (tertiary/aromatic N) is 1. The van der Waals surface area contributed by atoms with E-state index in [0.717, 1.165) is 22.6 Å². The summed E-state index contributed by atoms with van der Waals surface area (Å²) in [6.07, 6.45) is 1.31. The first-order chi connectivity index (χ1) is 14.4. The Bertz CT molecular complexity index is 1210. The molecule has 154 valence electrons. The van der Waals surface area contributed by atoms with Gasteiger partial charge in [0.2, 0.25) is 5.43 Å². The third-order valence-electron chi connectivity index (χ3n) is 4.93. The molecule has 6 nitrogen and oxygen atoms in total. The number of thioether (sulfide) groups is 1. The first-order valence-corrected chi connectivity index (χ1v) is 10.0. The molecule has 0 spiro atoms. The predicted octanol–water partition coefficient (Wildman–Crippen LogP) is 3.13. The molecule has 2 heterocycles. The zero-order valence-electron chi connectivity index (χ0n) is 15.8. The summed E-state index contributed by atoms with van der Waals surface area (Å²) in [6, 6.07) is 10.4. The van der Waals surface area contributed by atoms with Crippen molar-refractivity contribution in [1.29, 1.82) is 0 Å². The molecular formula is C21H17F2N3O3S. The minimum absolute atomic E-state index is 0.209. The SMILES string of the molecule is CNC(=O)c1c(O)c(=O)ccn1NC1c2ccccc2SCc2c1ccc(F)c2F. The second-order valence-corrected chi connectivity index (χ2v) is 7.66. The molecule has 0 bridgehead atoms. The van der Waals surface area contributed by atoms with Crippen LogP contribution in [0, 0.1) is 11.6 Å². The standard InChI is InChI=1S/C21H17F2N3O3S/c1-24-21(29)19-20(28)15(27)8-9-26(19)25-18-11-6-7-14(22)17(23)13(11)10-30-16-5-3-2-4-12(16)18/h2-9,18,25,28H,10H2,1H3,(H,24,29). The van der Waals surface area contributed by atoms with Crippen LogP contribution in [0.1, 0.15) is 33.2 Å². The summed E-state index contributed by atoms with van der Waals surface area (Å²) in [5.41, 5.74) is 3.57. The fourth-order valence-corrected chi connectivity index (χ4v) is 4.56. The molecular weight excluding hydrogens is 412 g/mol. The maximum atomic E-state index is 14.6. The van der Waals surface area contributed by atoms with Gasteiger partial charge in [0, 0.05) is 35.5 Å². The summed E-state index contributed by atoms with van der Waals surface area (Å²) in [4.78, 5) is 25.1. The smallest absolute Gasteiger partial charge is 0.273 e. The number of aromatic nitrogens is 1. The van der Waals surface area contributed by atoms with E-state index < -0.39 is 34.8 Å². The Morgan fingerprint density at radius 3 is 2.70 bits per heavy atom. The van der Waals surface area contributed by atoms with Gasteiger partial charge in [0.15, 0.2) is 23.1 Å². The van der Waals surface area contributed by atoms with E-state index in [9.17, 15) is 23.5 Å². The monoisotopic (exact) mass is 429 g/mol. The van der Waals surface area contributed by atoms with Crippen LogP contribution in [0.3, 0.4) is 0 Å². The van der Waals surface area contributed by atoms with Crippen molar-refractivity contribution < 1.29 is 18.7 Å². The lowest BCUT2D eigenvalue weighted by Crippen LogP contribution is -2.32. The number of nitrogens with one attached hydrogen (secondary N) is 2. The highest BCUT2D eigenvalue weighted by molar-refractivity contribution is 7.98. The zero-order chi connectivity index (χ0) is 21.4. The number of halogens is 2. The first-order valence-electron chi connectivity index (χ1n) is 9.04. The maximum absolute atomic E-state index is 14.6. The molecule has 0 aliphatic carbocycles. The average Bonchev–Trinajstić information content (AvgIpc) is 2.90. The highest BCUT2D eigenvalue weighted by atomic mass is 32.2. The van der Waals surface area contributed by atoms with Gasteiger partial charge < -0.3 is 15.8 Å². The highest BCUT2D eigenvalue weighted by Crippen LogP contribution is 2.41. The third kappa shape index (κ3) is 3.30. The van der Waals surface area contributed by atoms with Crippen molar-refractivity contribution in [3.8, 4) is 5.75 Å². The number of fused-ring (bicyclic) bond motifs is 2.